The monoisotopic (exact) mass is 251 g/mol. The average Bonchev–Trinajstić information content (AvgIpc) is 2.37. The molecule has 0 aliphatic heterocycles. The van der Waals surface area contributed by atoms with E-state index in [0.29, 0.717) is 18.7 Å². The molecule has 1 aromatic heterocycles. The van der Waals surface area contributed by atoms with E-state index < -0.39 is 0 Å². The summed E-state index contributed by atoms with van der Waals surface area (Å²) in [6.45, 7) is 7.74. The number of ether oxygens (including phenoxy) is 1. The van der Waals surface area contributed by atoms with Gasteiger partial charge in [-0.15, -0.1) is 0 Å². The van der Waals surface area contributed by atoms with Crippen LogP contribution in [0.15, 0.2) is 18.5 Å². The van der Waals surface area contributed by atoms with Crippen molar-refractivity contribution in [3.05, 3.63) is 24.0 Å². The first-order chi connectivity index (χ1) is 8.69. The van der Waals surface area contributed by atoms with E-state index in [-0.39, 0.29) is 12.0 Å². The normalized spacial score (nSPS) is 11.9. The molecule has 0 aliphatic carbocycles. The zero-order valence-electron chi connectivity index (χ0n) is 11.2. The Hall–Kier alpha value is -1.62. The summed E-state index contributed by atoms with van der Waals surface area (Å²) in [7, 11) is 0. The first-order valence-corrected chi connectivity index (χ1v) is 6.26. The molecule has 0 aliphatic rings. The van der Waals surface area contributed by atoms with Crippen molar-refractivity contribution in [3.63, 3.8) is 0 Å². The predicted molar refractivity (Wildman–Crippen MR) is 71.8 cm³/mol. The van der Waals surface area contributed by atoms with E-state index in [4.69, 9.17) is 4.74 Å². The van der Waals surface area contributed by atoms with Crippen molar-refractivity contribution in [1.82, 2.24) is 10.3 Å². The second-order valence-electron chi connectivity index (χ2n) is 3.93. The van der Waals surface area contributed by atoms with E-state index in [1.165, 1.54) is 0 Å². The van der Waals surface area contributed by atoms with Crippen LogP contribution in [0.3, 0.4) is 0 Å². The van der Waals surface area contributed by atoms with Crippen LogP contribution in [0.1, 0.15) is 31.1 Å². The SMILES string of the molecule is CCNc1cnccc1C(=O)NCC(C)OCC. The summed E-state index contributed by atoms with van der Waals surface area (Å²) < 4.78 is 5.36. The molecule has 5 heteroatoms. The Balaban J connectivity index is 2.60. The molecule has 1 heterocycles. The largest absolute Gasteiger partial charge is 0.383 e. The second-order valence-corrected chi connectivity index (χ2v) is 3.93. The Morgan fingerprint density at radius 1 is 1.50 bits per heavy atom. The molecule has 0 spiro atoms. The highest BCUT2D eigenvalue weighted by atomic mass is 16.5. The lowest BCUT2D eigenvalue weighted by Crippen LogP contribution is -2.32. The zero-order valence-corrected chi connectivity index (χ0v) is 11.2. The first kappa shape index (κ1) is 14.4. The van der Waals surface area contributed by atoms with Crippen LogP contribution in [0.2, 0.25) is 0 Å². The second kappa shape index (κ2) is 7.66. The predicted octanol–water partition coefficient (Wildman–Crippen LogP) is 1.67. The van der Waals surface area contributed by atoms with Gasteiger partial charge in [0, 0.05) is 25.9 Å². The summed E-state index contributed by atoms with van der Waals surface area (Å²) in [6.07, 6.45) is 3.29. The minimum Gasteiger partial charge on any atom is -0.383 e. The van der Waals surface area contributed by atoms with Gasteiger partial charge in [0.2, 0.25) is 0 Å². The Labute approximate surface area is 108 Å². The number of rotatable bonds is 7. The molecule has 0 bridgehead atoms. The van der Waals surface area contributed by atoms with E-state index >= 15 is 0 Å². The van der Waals surface area contributed by atoms with Crippen molar-refractivity contribution >= 4 is 11.6 Å². The van der Waals surface area contributed by atoms with Gasteiger partial charge in [0.15, 0.2) is 0 Å². The maximum absolute atomic E-state index is 12.0. The van der Waals surface area contributed by atoms with Crippen LogP contribution in [0.4, 0.5) is 5.69 Å². The lowest BCUT2D eigenvalue weighted by molar-refractivity contribution is 0.0695. The van der Waals surface area contributed by atoms with Gasteiger partial charge >= 0.3 is 0 Å². The summed E-state index contributed by atoms with van der Waals surface area (Å²) in [5.41, 5.74) is 1.36. The molecule has 100 valence electrons. The first-order valence-electron chi connectivity index (χ1n) is 6.26. The third-order valence-corrected chi connectivity index (χ3v) is 2.43. The Kier molecular flexibility index (Phi) is 6.14. The van der Waals surface area contributed by atoms with Crippen LogP contribution in [-0.4, -0.2) is 36.7 Å². The number of carbonyl (C=O) groups excluding carboxylic acids is 1. The number of aromatic nitrogens is 1. The molecule has 1 amide bonds. The fourth-order valence-electron chi connectivity index (χ4n) is 1.60. The summed E-state index contributed by atoms with van der Waals surface area (Å²) in [6, 6.07) is 1.71. The number of hydrogen-bond donors (Lipinski definition) is 2. The molecule has 0 saturated carbocycles. The van der Waals surface area contributed by atoms with Crippen molar-refractivity contribution in [2.45, 2.75) is 26.9 Å². The van der Waals surface area contributed by atoms with Crippen LogP contribution in [-0.2, 0) is 4.74 Å². The van der Waals surface area contributed by atoms with E-state index in [2.05, 4.69) is 15.6 Å². The van der Waals surface area contributed by atoms with Gasteiger partial charge < -0.3 is 15.4 Å². The third kappa shape index (κ3) is 4.33. The molecule has 18 heavy (non-hydrogen) atoms. The molecule has 1 aromatic rings. The minimum atomic E-state index is -0.111. The fourth-order valence-corrected chi connectivity index (χ4v) is 1.60. The summed E-state index contributed by atoms with van der Waals surface area (Å²) in [5.74, 6) is -0.111. The molecular formula is C13H21N3O2. The van der Waals surface area contributed by atoms with E-state index in [1.807, 2.05) is 20.8 Å². The van der Waals surface area contributed by atoms with Crippen molar-refractivity contribution < 1.29 is 9.53 Å². The topological polar surface area (TPSA) is 63.2 Å². The van der Waals surface area contributed by atoms with Gasteiger partial charge in [0.25, 0.3) is 5.91 Å². The number of nitrogens with one attached hydrogen (secondary N) is 2. The van der Waals surface area contributed by atoms with Gasteiger partial charge in [0.1, 0.15) is 0 Å². The fraction of sp³-hybridized carbons (Fsp3) is 0.538. The number of amides is 1. The molecule has 5 nitrogen and oxygen atoms in total. The lowest BCUT2D eigenvalue weighted by atomic mass is 10.2. The summed E-state index contributed by atoms with van der Waals surface area (Å²) in [4.78, 5) is 16.0. The standard InChI is InChI=1S/C13H21N3O2/c1-4-15-12-9-14-7-6-11(12)13(17)16-8-10(3)18-5-2/h6-7,9-10,15H,4-5,8H2,1-3H3,(H,16,17). The minimum absolute atomic E-state index is 0.0170. The van der Waals surface area contributed by atoms with E-state index in [9.17, 15) is 4.79 Å². The Bertz CT molecular complexity index is 382. The highest BCUT2D eigenvalue weighted by Crippen LogP contribution is 2.12. The third-order valence-electron chi connectivity index (χ3n) is 2.43. The van der Waals surface area contributed by atoms with Crippen LogP contribution in [0.25, 0.3) is 0 Å². The maximum atomic E-state index is 12.0. The van der Waals surface area contributed by atoms with Crippen LogP contribution in [0, 0.1) is 0 Å². The number of anilines is 1. The molecule has 1 rings (SSSR count). The Morgan fingerprint density at radius 2 is 2.28 bits per heavy atom. The van der Waals surface area contributed by atoms with Crippen LogP contribution < -0.4 is 10.6 Å². The smallest absolute Gasteiger partial charge is 0.253 e. The van der Waals surface area contributed by atoms with Gasteiger partial charge in [-0.25, -0.2) is 0 Å². The number of carbonyl (C=O) groups is 1. The number of pyridine rings is 1. The summed E-state index contributed by atoms with van der Waals surface area (Å²) in [5, 5.41) is 5.97. The molecule has 0 fully saturated rings. The molecule has 1 atom stereocenters. The maximum Gasteiger partial charge on any atom is 0.253 e. The Morgan fingerprint density at radius 3 is 2.94 bits per heavy atom. The van der Waals surface area contributed by atoms with Crippen molar-refractivity contribution in [1.29, 1.82) is 0 Å². The highest BCUT2D eigenvalue weighted by molar-refractivity contribution is 5.99. The quantitative estimate of drug-likeness (QED) is 0.773. The zero-order chi connectivity index (χ0) is 13.4. The lowest BCUT2D eigenvalue weighted by Gasteiger charge is -2.14. The number of hydrogen-bond acceptors (Lipinski definition) is 4. The van der Waals surface area contributed by atoms with Crippen LogP contribution in [0.5, 0.6) is 0 Å². The average molecular weight is 251 g/mol. The van der Waals surface area contributed by atoms with Crippen LogP contribution >= 0.6 is 0 Å². The molecule has 1 unspecified atom stereocenters. The number of nitrogens with zero attached hydrogens (tertiary/aromatic N) is 1. The van der Waals surface area contributed by atoms with E-state index in [1.54, 1.807) is 18.5 Å². The van der Waals surface area contributed by atoms with E-state index in [0.717, 1.165) is 12.2 Å². The van der Waals surface area contributed by atoms with Crippen molar-refractivity contribution in [2.75, 3.05) is 25.0 Å². The molecule has 0 radical (unpaired) electrons. The van der Waals surface area contributed by atoms with Crippen molar-refractivity contribution in [3.8, 4) is 0 Å². The molecule has 2 N–H and O–H groups in total. The molecular weight excluding hydrogens is 230 g/mol. The molecule has 0 aromatic carbocycles. The molecule has 0 saturated heterocycles. The highest BCUT2D eigenvalue weighted by Gasteiger charge is 2.11. The van der Waals surface area contributed by atoms with Crippen molar-refractivity contribution in [2.24, 2.45) is 0 Å². The summed E-state index contributed by atoms with van der Waals surface area (Å²) >= 11 is 0. The van der Waals surface area contributed by atoms with Gasteiger partial charge in [-0.2, -0.15) is 0 Å². The van der Waals surface area contributed by atoms with Gasteiger partial charge in [0.05, 0.1) is 23.6 Å². The van der Waals surface area contributed by atoms with Gasteiger partial charge in [-0.05, 0) is 26.8 Å². The van der Waals surface area contributed by atoms with Gasteiger partial charge in [-0.3, -0.25) is 9.78 Å². The van der Waals surface area contributed by atoms with Gasteiger partial charge in [-0.1, -0.05) is 0 Å².